The molecule has 1 fully saturated rings. The number of aryl methyl sites for hydroxylation is 1. The molecule has 0 amide bonds. The Morgan fingerprint density at radius 3 is 2.60 bits per heavy atom. The van der Waals surface area contributed by atoms with E-state index in [1.165, 1.54) is 0 Å². The highest BCUT2D eigenvalue weighted by Crippen LogP contribution is 2.27. The van der Waals surface area contributed by atoms with Gasteiger partial charge in [-0.1, -0.05) is 6.92 Å². The summed E-state index contributed by atoms with van der Waals surface area (Å²) in [5.74, 6) is -0.106. The van der Waals surface area contributed by atoms with E-state index in [1.54, 1.807) is 12.1 Å². The van der Waals surface area contributed by atoms with Crippen LogP contribution in [0.25, 0.3) is 0 Å². The normalized spacial score (nSPS) is 16.3. The zero-order valence-electron chi connectivity index (χ0n) is 9.03. The average molecular weight is 205 g/mol. The standard InChI is InChI=1S/C12H15NO2/c1-8-6-13(7-8)11-4-3-10(12(14)15)5-9(11)2/h3-5,8H,6-7H2,1-2H3,(H,14,15). The van der Waals surface area contributed by atoms with E-state index in [4.69, 9.17) is 5.11 Å². The molecule has 1 aromatic carbocycles. The summed E-state index contributed by atoms with van der Waals surface area (Å²) in [5.41, 5.74) is 2.57. The molecule has 0 unspecified atom stereocenters. The van der Waals surface area contributed by atoms with Crippen LogP contribution < -0.4 is 4.90 Å². The molecule has 1 aliphatic rings. The maximum atomic E-state index is 10.8. The number of hydrogen-bond donors (Lipinski definition) is 1. The van der Waals surface area contributed by atoms with Crippen molar-refractivity contribution in [3.05, 3.63) is 29.3 Å². The van der Waals surface area contributed by atoms with E-state index in [0.29, 0.717) is 5.56 Å². The van der Waals surface area contributed by atoms with Crippen molar-refractivity contribution in [1.29, 1.82) is 0 Å². The van der Waals surface area contributed by atoms with Crippen LogP contribution in [-0.2, 0) is 0 Å². The van der Waals surface area contributed by atoms with Crippen LogP contribution in [0.1, 0.15) is 22.8 Å². The third-order valence-corrected chi connectivity index (χ3v) is 2.85. The second-order valence-electron chi connectivity index (χ2n) is 4.32. The zero-order chi connectivity index (χ0) is 11.0. The van der Waals surface area contributed by atoms with Gasteiger partial charge in [-0.25, -0.2) is 4.79 Å². The Balaban J connectivity index is 2.23. The molecular weight excluding hydrogens is 190 g/mol. The van der Waals surface area contributed by atoms with E-state index in [9.17, 15) is 4.79 Å². The SMILES string of the molecule is Cc1cc(C(=O)O)ccc1N1CC(C)C1. The molecule has 1 saturated heterocycles. The molecule has 1 N–H and O–H groups in total. The minimum Gasteiger partial charge on any atom is -0.478 e. The topological polar surface area (TPSA) is 40.5 Å². The average Bonchev–Trinajstić information content (AvgIpc) is 2.13. The van der Waals surface area contributed by atoms with E-state index < -0.39 is 5.97 Å². The first-order valence-corrected chi connectivity index (χ1v) is 5.17. The quantitative estimate of drug-likeness (QED) is 0.804. The van der Waals surface area contributed by atoms with Gasteiger partial charge in [-0.15, -0.1) is 0 Å². The lowest BCUT2D eigenvalue weighted by atomic mass is 9.99. The molecule has 2 rings (SSSR count). The van der Waals surface area contributed by atoms with Gasteiger partial charge in [-0.05, 0) is 36.6 Å². The second-order valence-corrected chi connectivity index (χ2v) is 4.32. The number of rotatable bonds is 2. The molecule has 0 aliphatic carbocycles. The molecule has 1 aromatic rings. The van der Waals surface area contributed by atoms with Crippen molar-refractivity contribution < 1.29 is 9.90 Å². The monoisotopic (exact) mass is 205 g/mol. The highest BCUT2D eigenvalue weighted by molar-refractivity contribution is 5.88. The Bertz CT molecular complexity index is 395. The van der Waals surface area contributed by atoms with Gasteiger partial charge in [0.2, 0.25) is 0 Å². The van der Waals surface area contributed by atoms with E-state index in [1.807, 2.05) is 13.0 Å². The van der Waals surface area contributed by atoms with E-state index >= 15 is 0 Å². The van der Waals surface area contributed by atoms with Crippen molar-refractivity contribution in [3.63, 3.8) is 0 Å². The maximum Gasteiger partial charge on any atom is 0.335 e. The molecule has 15 heavy (non-hydrogen) atoms. The van der Waals surface area contributed by atoms with Gasteiger partial charge in [-0.3, -0.25) is 0 Å². The van der Waals surface area contributed by atoms with Gasteiger partial charge in [0, 0.05) is 18.8 Å². The minimum absolute atomic E-state index is 0.366. The number of aromatic carboxylic acids is 1. The van der Waals surface area contributed by atoms with Crippen LogP contribution >= 0.6 is 0 Å². The summed E-state index contributed by atoms with van der Waals surface area (Å²) in [7, 11) is 0. The fourth-order valence-electron chi connectivity index (χ4n) is 2.04. The minimum atomic E-state index is -0.860. The molecule has 1 aliphatic heterocycles. The van der Waals surface area contributed by atoms with Crippen LogP contribution in [0, 0.1) is 12.8 Å². The van der Waals surface area contributed by atoms with Crippen molar-refractivity contribution >= 4 is 11.7 Å². The van der Waals surface area contributed by atoms with Crippen molar-refractivity contribution in [2.24, 2.45) is 5.92 Å². The van der Waals surface area contributed by atoms with E-state index in [0.717, 1.165) is 30.3 Å². The van der Waals surface area contributed by atoms with Gasteiger partial charge in [-0.2, -0.15) is 0 Å². The van der Waals surface area contributed by atoms with Crippen LogP contribution in [0.5, 0.6) is 0 Å². The Morgan fingerprint density at radius 1 is 1.47 bits per heavy atom. The molecule has 0 saturated carbocycles. The summed E-state index contributed by atoms with van der Waals surface area (Å²) in [6.45, 7) is 6.34. The lowest BCUT2D eigenvalue weighted by Gasteiger charge is -2.40. The van der Waals surface area contributed by atoms with Gasteiger partial charge in [0.05, 0.1) is 5.56 Å². The van der Waals surface area contributed by atoms with E-state index in [-0.39, 0.29) is 0 Å². The van der Waals surface area contributed by atoms with Gasteiger partial charge in [0.1, 0.15) is 0 Å². The molecule has 0 aromatic heterocycles. The smallest absolute Gasteiger partial charge is 0.335 e. The summed E-state index contributed by atoms with van der Waals surface area (Å²) in [6.07, 6.45) is 0. The van der Waals surface area contributed by atoms with Crippen molar-refractivity contribution in [2.75, 3.05) is 18.0 Å². The molecule has 3 heteroatoms. The number of carboxylic acids is 1. The van der Waals surface area contributed by atoms with Crippen LogP contribution in [0.15, 0.2) is 18.2 Å². The molecule has 80 valence electrons. The largest absolute Gasteiger partial charge is 0.478 e. The zero-order valence-corrected chi connectivity index (χ0v) is 9.03. The number of benzene rings is 1. The molecular formula is C12H15NO2. The first kappa shape index (κ1) is 10.0. The molecule has 0 spiro atoms. The Kier molecular flexibility index (Phi) is 2.39. The molecule has 0 bridgehead atoms. The van der Waals surface area contributed by atoms with Crippen LogP contribution in [-0.4, -0.2) is 24.2 Å². The van der Waals surface area contributed by atoms with Gasteiger partial charge < -0.3 is 10.0 Å². The van der Waals surface area contributed by atoms with Crippen molar-refractivity contribution in [1.82, 2.24) is 0 Å². The lowest BCUT2D eigenvalue weighted by molar-refractivity contribution is 0.0697. The fraction of sp³-hybridized carbons (Fsp3) is 0.417. The predicted octanol–water partition coefficient (Wildman–Crippen LogP) is 2.15. The molecule has 0 atom stereocenters. The maximum absolute atomic E-state index is 10.8. The number of carboxylic acid groups (broad SMARTS) is 1. The van der Waals surface area contributed by atoms with Gasteiger partial charge >= 0.3 is 5.97 Å². The van der Waals surface area contributed by atoms with Crippen LogP contribution in [0.4, 0.5) is 5.69 Å². The van der Waals surface area contributed by atoms with Gasteiger partial charge in [0.25, 0.3) is 0 Å². The van der Waals surface area contributed by atoms with Crippen LogP contribution in [0.3, 0.4) is 0 Å². The fourth-order valence-corrected chi connectivity index (χ4v) is 2.04. The third-order valence-electron chi connectivity index (χ3n) is 2.85. The second kappa shape index (κ2) is 3.57. The Hall–Kier alpha value is -1.51. The van der Waals surface area contributed by atoms with Crippen molar-refractivity contribution in [3.8, 4) is 0 Å². The van der Waals surface area contributed by atoms with Crippen molar-refractivity contribution in [2.45, 2.75) is 13.8 Å². The first-order chi connectivity index (χ1) is 7.08. The predicted molar refractivity (Wildman–Crippen MR) is 59.5 cm³/mol. The summed E-state index contributed by atoms with van der Waals surface area (Å²) in [4.78, 5) is 13.0. The molecule has 3 nitrogen and oxygen atoms in total. The number of carbonyl (C=O) groups is 1. The lowest BCUT2D eigenvalue weighted by Crippen LogP contribution is -2.45. The molecule has 1 heterocycles. The number of anilines is 1. The Morgan fingerprint density at radius 2 is 2.13 bits per heavy atom. The summed E-state index contributed by atoms with van der Waals surface area (Å²) < 4.78 is 0. The van der Waals surface area contributed by atoms with E-state index in [2.05, 4.69) is 11.8 Å². The Labute approximate surface area is 89.3 Å². The first-order valence-electron chi connectivity index (χ1n) is 5.17. The third kappa shape index (κ3) is 1.82. The highest BCUT2D eigenvalue weighted by Gasteiger charge is 2.23. The van der Waals surface area contributed by atoms with Crippen LogP contribution in [0.2, 0.25) is 0 Å². The highest BCUT2D eigenvalue weighted by atomic mass is 16.4. The number of nitrogens with zero attached hydrogens (tertiary/aromatic N) is 1. The summed E-state index contributed by atoms with van der Waals surface area (Å²) in [5, 5.41) is 8.84. The summed E-state index contributed by atoms with van der Waals surface area (Å²) in [6, 6.07) is 5.32. The van der Waals surface area contributed by atoms with Gasteiger partial charge in [0.15, 0.2) is 0 Å². The summed E-state index contributed by atoms with van der Waals surface area (Å²) >= 11 is 0. The number of hydrogen-bond acceptors (Lipinski definition) is 2. The molecule has 0 radical (unpaired) electrons.